The summed E-state index contributed by atoms with van der Waals surface area (Å²) in [5.74, 6) is 0.741. The number of carbonyl (C=O) groups is 1. The van der Waals surface area contributed by atoms with E-state index in [1.54, 1.807) is 0 Å². The first-order chi connectivity index (χ1) is 8.77. The van der Waals surface area contributed by atoms with E-state index in [-0.39, 0.29) is 6.61 Å². The molecule has 1 fully saturated rings. The normalized spacial score (nSPS) is 17.1. The lowest BCUT2D eigenvalue weighted by molar-refractivity contribution is -0.132. The molecule has 0 radical (unpaired) electrons. The van der Waals surface area contributed by atoms with Crippen LogP contribution in [0.2, 0.25) is 0 Å². The maximum Gasteiger partial charge on any atom is 0.222 e. The van der Waals surface area contributed by atoms with Gasteiger partial charge >= 0.3 is 0 Å². The molecule has 0 spiro atoms. The Balaban J connectivity index is 2.03. The number of rotatable bonds is 8. The van der Waals surface area contributed by atoms with E-state index in [0.717, 1.165) is 38.8 Å². The molecule has 0 aromatic carbocycles. The Morgan fingerprint density at radius 2 is 1.72 bits per heavy atom. The molecule has 1 aliphatic heterocycles. The smallest absolute Gasteiger partial charge is 0.222 e. The Morgan fingerprint density at radius 1 is 1.11 bits per heavy atom. The number of amides is 1. The van der Waals surface area contributed by atoms with Crippen molar-refractivity contribution in [2.24, 2.45) is 5.92 Å². The summed E-state index contributed by atoms with van der Waals surface area (Å²) in [7, 11) is 0. The van der Waals surface area contributed by atoms with E-state index in [1.165, 1.54) is 32.1 Å². The first kappa shape index (κ1) is 15.5. The molecule has 1 heterocycles. The van der Waals surface area contributed by atoms with Gasteiger partial charge in [0, 0.05) is 26.1 Å². The number of aliphatic hydroxyl groups is 1. The first-order valence-electron chi connectivity index (χ1n) is 7.66. The number of piperidine rings is 1. The van der Waals surface area contributed by atoms with Crippen LogP contribution in [0.15, 0.2) is 0 Å². The minimum atomic E-state index is 0.277. The van der Waals surface area contributed by atoms with Crippen molar-refractivity contribution in [2.75, 3.05) is 19.7 Å². The van der Waals surface area contributed by atoms with Crippen LogP contribution in [0.3, 0.4) is 0 Å². The molecule has 1 saturated heterocycles. The quantitative estimate of drug-likeness (QED) is 0.677. The average Bonchev–Trinajstić information content (AvgIpc) is 2.42. The predicted molar refractivity (Wildman–Crippen MR) is 74.4 cm³/mol. The molecular weight excluding hydrogens is 226 g/mol. The zero-order valence-electron chi connectivity index (χ0n) is 11.9. The van der Waals surface area contributed by atoms with Crippen molar-refractivity contribution in [3.05, 3.63) is 0 Å². The predicted octanol–water partition coefficient (Wildman–Crippen LogP) is 2.97. The van der Waals surface area contributed by atoms with Gasteiger partial charge < -0.3 is 10.0 Å². The van der Waals surface area contributed by atoms with Gasteiger partial charge in [-0.1, -0.05) is 39.0 Å². The molecule has 18 heavy (non-hydrogen) atoms. The Hall–Kier alpha value is -0.570. The summed E-state index contributed by atoms with van der Waals surface area (Å²) in [4.78, 5) is 13.9. The summed E-state index contributed by atoms with van der Waals surface area (Å²) in [5, 5.41) is 9.06. The van der Waals surface area contributed by atoms with Gasteiger partial charge in [-0.3, -0.25) is 4.79 Å². The molecule has 106 valence electrons. The van der Waals surface area contributed by atoms with Crippen molar-refractivity contribution in [1.82, 2.24) is 4.90 Å². The van der Waals surface area contributed by atoms with Crippen molar-refractivity contribution < 1.29 is 9.90 Å². The fourth-order valence-corrected chi connectivity index (χ4v) is 2.58. The molecule has 1 amide bonds. The van der Waals surface area contributed by atoms with Gasteiger partial charge in [0.25, 0.3) is 0 Å². The molecule has 0 atom stereocenters. The van der Waals surface area contributed by atoms with Crippen LogP contribution < -0.4 is 0 Å². The highest BCUT2D eigenvalue weighted by molar-refractivity contribution is 5.76. The molecule has 0 saturated carbocycles. The third kappa shape index (κ3) is 5.85. The zero-order chi connectivity index (χ0) is 13.2. The second kappa shape index (κ2) is 9.37. The van der Waals surface area contributed by atoms with E-state index in [0.29, 0.717) is 11.8 Å². The largest absolute Gasteiger partial charge is 0.396 e. The van der Waals surface area contributed by atoms with Gasteiger partial charge in [0.1, 0.15) is 0 Å². The van der Waals surface area contributed by atoms with E-state index in [1.807, 2.05) is 4.90 Å². The summed E-state index contributed by atoms with van der Waals surface area (Å²) >= 11 is 0. The number of likely N-dealkylation sites (tertiary alicyclic amines) is 1. The average molecular weight is 255 g/mol. The molecule has 0 unspecified atom stereocenters. The summed E-state index contributed by atoms with van der Waals surface area (Å²) in [5.41, 5.74) is 0. The van der Waals surface area contributed by atoms with Crippen LogP contribution in [0.25, 0.3) is 0 Å². The summed E-state index contributed by atoms with van der Waals surface area (Å²) in [6.07, 6.45) is 10.1. The number of carbonyl (C=O) groups excluding carboxylic acids is 1. The van der Waals surface area contributed by atoms with Crippen LogP contribution >= 0.6 is 0 Å². The van der Waals surface area contributed by atoms with Crippen LogP contribution in [0.1, 0.15) is 64.7 Å². The fourth-order valence-electron chi connectivity index (χ4n) is 2.58. The lowest BCUT2D eigenvalue weighted by Crippen LogP contribution is -2.39. The van der Waals surface area contributed by atoms with Crippen molar-refractivity contribution in [3.8, 4) is 0 Å². The molecule has 1 rings (SSSR count). The van der Waals surface area contributed by atoms with Gasteiger partial charge in [-0.2, -0.15) is 0 Å². The molecule has 0 aromatic rings. The summed E-state index contributed by atoms with van der Waals surface area (Å²) < 4.78 is 0. The highest BCUT2D eigenvalue weighted by Crippen LogP contribution is 2.17. The topological polar surface area (TPSA) is 40.5 Å². The number of hydrogen-bond donors (Lipinski definition) is 1. The van der Waals surface area contributed by atoms with Crippen LogP contribution in [0.4, 0.5) is 0 Å². The zero-order valence-corrected chi connectivity index (χ0v) is 11.9. The summed E-state index contributed by atoms with van der Waals surface area (Å²) in [6.45, 7) is 4.19. The second-order valence-electron chi connectivity index (χ2n) is 5.52. The number of nitrogens with zero attached hydrogens (tertiary/aromatic N) is 1. The number of unbranched alkanes of at least 4 members (excludes halogenated alkanes) is 5. The highest BCUT2D eigenvalue weighted by Gasteiger charge is 2.21. The van der Waals surface area contributed by atoms with E-state index >= 15 is 0 Å². The lowest BCUT2D eigenvalue weighted by Gasteiger charge is -2.31. The molecule has 0 aliphatic carbocycles. The van der Waals surface area contributed by atoms with Crippen LogP contribution in [-0.4, -0.2) is 35.6 Å². The van der Waals surface area contributed by atoms with Gasteiger partial charge in [0.15, 0.2) is 0 Å². The van der Waals surface area contributed by atoms with Crippen LogP contribution in [0, 0.1) is 5.92 Å². The maximum atomic E-state index is 11.9. The Morgan fingerprint density at radius 3 is 2.33 bits per heavy atom. The standard InChI is InChI=1S/C15H29NO2/c1-2-3-4-5-6-7-8-15(18)16-11-9-14(13-17)10-12-16/h14,17H,2-13H2,1H3. The van der Waals surface area contributed by atoms with Gasteiger partial charge in [0.2, 0.25) is 5.91 Å². The lowest BCUT2D eigenvalue weighted by atomic mass is 9.97. The first-order valence-corrected chi connectivity index (χ1v) is 7.66. The second-order valence-corrected chi connectivity index (χ2v) is 5.52. The minimum Gasteiger partial charge on any atom is -0.396 e. The van der Waals surface area contributed by atoms with E-state index < -0.39 is 0 Å². The number of hydrogen-bond acceptors (Lipinski definition) is 2. The SMILES string of the molecule is CCCCCCCCC(=O)N1CCC(CO)CC1. The molecule has 1 N–H and O–H groups in total. The van der Waals surface area contributed by atoms with E-state index in [4.69, 9.17) is 5.11 Å². The minimum absolute atomic E-state index is 0.277. The van der Waals surface area contributed by atoms with Crippen LogP contribution in [-0.2, 0) is 4.79 Å². The molecule has 1 aliphatic rings. The third-order valence-electron chi connectivity index (χ3n) is 3.97. The summed E-state index contributed by atoms with van der Waals surface area (Å²) in [6, 6.07) is 0. The third-order valence-corrected chi connectivity index (χ3v) is 3.97. The van der Waals surface area contributed by atoms with Crippen LogP contribution in [0.5, 0.6) is 0 Å². The van der Waals surface area contributed by atoms with Gasteiger partial charge in [-0.25, -0.2) is 0 Å². The highest BCUT2D eigenvalue weighted by atomic mass is 16.3. The maximum absolute atomic E-state index is 11.9. The monoisotopic (exact) mass is 255 g/mol. The Labute approximate surface area is 112 Å². The molecule has 3 nitrogen and oxygen atoms in total. The van der Waals surface area contributed by atoms with E-state index in [9.17, 15) is 4.79 Å². The van der Waals surface area contributed by atoms with Crippen molar-refractivity contribution in [3.63, 3.8) is 0 Å². The molecule has 0 bridgehead atoms. The number of aliphatic hydroxyl groups excluding tert-OH is 1. The van der Waals surface area contributed by atoms with Gasteiger partial charge in [-0.15, -0.1) is 0 Å². The molecule has 3 heteroatoms. The van der Waals surface area contributed by atoms with Gasteiger partial charge in [0.05, 0.1) is 0 Å². The Kier molecular flexibility index (Phi) is 8.06. The fraction of sp³-hybridized carbons (Fsp3) is 0.933. The van der Waals surface area contributed by atoms with Crippen molar-refractivity contribution >= 4 is 5.91 Å². The van der Waals surface area contributed by atoms with Crippen molar-refractivity contribution in [2.45, 2.75) is 64.7 Å². The van der Waals surface area contributed by atoms with Crippen molar-refractivity contribution in [1.29, 1.82) is 0 Å². The Bertz CT molecular complexity index is 223. The van der Waals surface area contributed by atoms with Gasteiger partial charge in [-0.05, 0) is 25.2 Å². The van der Waals surface area contributed by atoms with E-state index in [2.05, 4.69) is 6.92 Å². The molecule has 0 aromatic heterocycles. The molecular formula is C15H29NO2.